The molecule has 0 bridgehead atoms. The van der Waals surface area contributed by atoms with Crippen LogP contribution in [-0.4, -0.2) is 10.8 Å². The molecule has 19 heavy (non-hydrogen) atoms. The molecular weight excluding hydrogens is 304 g/mol. The van der Waals surface area contributed by atoms with Crippen LogP contribution in [-0.2, 0) is 22.6 Å². The number of esters is 1. The molecule has 0 aliphatic rings. The summed E-state index contributed by atoms with van der Waals surface area (Å²) < 4.78 is 5.28. The van der Waals surface area contributed by atoms with Gasteiger partial charge in [-0.25, -0.2) is 0 Å². The van der Waals surface area contributed by atoms with E-state index >= 15 is 0 Å². The molecule has 1 atom stereocenters. The molecule has 0 N–H and O–H groups in total. The molecule has 3 heteroatoms. The van der Waals surface area contributed by atoms with Gasteiger partial charge in [0.15, 0.2) is 0 Å². The first-order valence-electron chi connectivity index (χ1n) is 6.14. The van der Waals surface area contributed by atoms with E-state index in [1.165, 1.54) is 0 Å². The molecule has 0 fully saturated rings. The van der Waals surface area contributed by atoms with Gasteiger partial charge in [0.2, 0.25) is 0 Å². The number of benzene rings is 2. The first-order chi connectivity index (χ1) is 9.25. The van der Waals surface area contributed by atoms with E-state index < -0.39 is 0 Å². The monoisotopic (exact) mass is 318 g/mol. The Morgan fingerprint density at radius 1 is 0.947 bits per heavy atom. The fraction of sp³-hybridized carbons (Fsp3) is 0.188. The molecule has 0 aliphatic carbocycles. The molecule has 0 spiro atoms. The summed E-state index contributed by atoms with van der Waals surface area (Å²) in [7, 11) is 0. The summed E-state index contributed by atoms with van der Waals surface area (Å²) in [6, 6.07) is 19.6. The number of hydrogen-bond donors (Lipinski definition) is 0. The average molecular weight is 319 g/mol. The largest absolute Gasteiger partial charge is 0.460 e. The van der Waals surface area contributed by atoms with Gasteiger partial charge in [-0.2, -0.15) is 0 Å². The maximum Gasteiger partial charge on any atom is 0.320 e. The number of alkyl halides is 1. The van der Waals surface area contributed by atoms with E-state index in [1.807, 2.05) is 60.7 Å². The number of halogens is 1. The van der Waals surface area contributed by atoms with Crippen LogP contribution in [0.2, 0.25) is 0 Å². The molecule has 0 heterocycles. The predicted octanol–water partition coefficient (Wildman–Crippen LogP) is 3.74. The number of carbonyl (C=O) groups excluding carboxylic acids is 1. The number of ether oxygens (including phenoxy) is 1. The lowest BCUT2D eigenvalue weighted by atomic mass is 10.1. The highest BCUT2D eigenvalue weighted by Crippen LogP contribution is 2.12. The van der Waals surface area contributed by atoms with Crippen molar-refractivity contribution in [2.45, 2.75) is 17.9 Å². The van der Waals surface area contributed by atoms with Gasteiger partial charge >= 0.3 is 5.97 Å². The highest BCUT2D eigenvalue weighted by molar-refractivity contribution is 9.10. The van der Waals surface area contributed by atoms with E-state index in [1.54, 1.807) is 0 Å². The molecule has 0 saturated carbocycles. The molecule has 0 aromatic heterocycles. The summed E-state index contributed by atoms with van der Waals surface area (Å²) in [4.78, 5) is 11.5. The van der Waals surface area contributed by atoms with Crippen LogP contribution < -0.4 is 0 Å². The summed E-state index contributed by atoms with van der Waals surface area (Å²) in [5.41, 5.74) is 2.11. The van der Waals surface area contributed by atoms with E-state index in [0.29, 0.717) is 13.0 Å². The Labute approximate surface area is 121 Å². The summed E-state index contributed by atoms with van der Waals surface area (Å²) >= 11 is 3.38. The zero-order valence-electron chi connectivity index (χ0n) is 10.5. The first-order valence-corrected chi connectivity index (χ1v) is 7.06. The fourth-order valence-corrected chi connectivity index (χ4v) is 2.23. The second kappa shape index (κ2) is 7.10. The normalized spacial score (nSPS) is 11.8. The van der Waals surface area contributed by atoms with Crippen LogP contribution >= 0.6 is 15.9 Å². The predicted molar refractivity (Wildman–Crippen MR) is 79.1 cm³/mol. The highest BCUT2D eigenvalue weighted by atomic mass is 79.9. The zero-order valence-corrected chi connectivity index (χ0v) is 12.0. The lowest BCUT2D eigenvalue weighted by Gasteiger charge is -2.10. The van der Waals surface area contributed by atoms with E-state index in [0.717, 1.165) is 11.1 Å². The number of carbonyl (C=O) groups is 1. The minimum Gasteiger partial charge on any atom is -0.460 e. The van der Waals surface area contributed by atoms with Crippen LogP contribution in [0.1, 0.15) is 11.1 Å². The minimum atomic E-state index is -0.307. The Morgan fingerprint density at radius 3 is 2.05 bits per heavy atom. The van der Waals surface area contributed by atoms with Gasteiger partial charge in [-0.15, -0.1) is 0 Å². The van der Waals surface area contributed by atoms with Crippen molar-refractivity contribution in [2.75, 3.05) is 0 Å². The third-order valence-corrected chi connectivity index (χ3v) is 3.43. The van der Waals surface area contributed by atoms with Gasteiger partial charge in [0, 0.05) is 0 Å². The van der Waals surface area contributed by atoms with Crippen molar-refractivity contribution in [3.8, 4) is 0 Å². The van der Waals surface area contributed by atoms with Crippen molar-refractivity contribution in [3.63, 3.8) is 0 Å². The van der Waals surface area contributed by atoms with Crippen LogP contribution in [0.5, 0.6) is 0 Å². The lowest BCUT2D eigenvalue weighted by molar-refractivity contribution is -0.144. The maximum absolute atomic E-state index is 11.9. The van der Waals surface area contributed by atoms with E-state index in [9.17, 15) is 4.79 Å². The highest BCUT2D eigenvalue weighted by Gasteiger charge is 2.16. The molecule has 0 aliphatic heterocycles. The quantitative estimate of drug-likeness (QED) is 0.620. The summed E-state index contributed by atoms with van der Waals surface area (Å²) in [6.45, 7) is 0.316. The molecule has 0 saturated heterocycles. The van der Waals surface area contributed by atoms with Crippen molar-refractivity contribution in [1.82, 2.24) is 0 Å². The van der Waals surface area contributed by atoms with Crippen molar-refractivity contribution in [3.05, 3.63) is 71.8 Å². The Hall–Kier alpha value is -1.61. The van der Waals surface area contributed by atoms with Gasteiger partial charge in [-0.3, -0.25) is 4.79 Å². The molecular formula is C16H15BrO2. The van der Waals surface area contributed by atoms with Crippen molar-refractivity contribution in [1.29, 1.82) is 0 Å². The fourth-order valence-electron chi connectivity index (χ4n) is 1.72. The molecule has 0 radical (unpaired) electrons. The average Bonchev–Trinajstić information content (AvgIpc) is 2.47. The molecule has 0 unspecified atom stereocenters. The van der Waals surface area contributed by atoms with Crippen molar-refractivity contribution >= 4 is 21.9 Å². The zero-order chi connectivity index (χ0) is 13.5. The van der Waals surface area contributed by atoms with Crippen LogP contribution in [0.3, 0.4) is 0 Å². The van der Waals surface area contributed by atoms with Crippen LogP contribution in [0.4, 0.5) is 0 Å². The van der Waals surface area contributed by atoms with Crippen LogP contribution in [0, 0.1) is 0 Å². The summed E-state index contributed by atoms with van der Waals surface area (Å²) in [5.74, 6) is -0.229. The Kier molecular flexibility index (Phi) is 5.16. The topological polar surface area (TPSA) is 26.3 Å². The van der Waals surface area contributed by atoms with Gasteiger partial charge < -0.3 is 4.74 Å². The van der Waals surface area contributed by atoms with Gasteiger partial charge in [-0.1, -0.05) is 76.6 Å². The SMILES string of the molecule is O=C(OCc1ccccc1)[C@@H](Br)Cc1ccccc1. The third-order valence-electron chi connectivity index (χ3n) is 2.74. The van der Waals surface area contributed by atoms with E-state index in [-0.39, 0.29) is 10.8 Å². The van der Waals surface area contributed by atoms with Gasteiger partial charge in [0.25, 0.3) is 0 Å². The maximum atomic E-state index is 11.9. The van der Waals surface area contributed by atoms with E-state index in [2.05, 4.69) is 15.9 Å². The Bertz CT molecular complexity index is 511. The Balaban J connectivity index is 1.83. The molecule has 2 aromatic rings. The molecule has 0 amide bonds. The third kappa shape index (κ3) is 4.52. The summed E-state index contributed by atoms with van der Waals surface area (Å²) in [5, 5.41) is 0. The smallest absolute Gasteiger partial charge is 0.320 e. The van der Waals surface area contributed by atoms with Crippen molar-refractivity contribution in [2.24, 2.45) is 0 Å². The molecule has 2 rings (SSSR count). The molecule has 2 nitrogen and oxygen atoms in total. The molecule has 98 valence electrons. The van der Waals surface area contributed by atoms with Gasteiger partial charge in [-0.05, 0) is 17.5 Å². The molecule has 2 aromatic carbocycles. The van der Waals surface area contributed by atoms with Gasteiger partial charge in [0.1, 0.15) is 11.4 Å². The van der Waals surface area contributed by atoms with Crippen LogP contribution in [0.15, 0.2) is 60.7 Å². The summed E-state index contributed by atoms with van der Waals surface area (Å²) in [6.07, 6.45) is 0.633. The standard InChI is InChI=1S/C16H15BrO2/c17-15(11-13-7-3-1-4-8-13)16(18)19-12-14-9-5-2-6-10-14/h1-10,15H,11-12H2/t15-/m0/s1. The Morgan fingerprint density at radius 2 is 1.47 bits per heavy atom. The van der Waals surface area contributed by atoms with Crippen LogP contribution in [0.25, 0.3) is 0 Å². The number of hydrogen-bond acceptors (Lipinski definition) is 2. The lowest BCUT2D eigenvalue weighted by Crippen LogP contribution is -2.19. The second-order valence-corrected chi connectivity index (χ2v) is 5.36. The second-order valence-electron chi connectivity index (χ2n) is 4.25. The van der Waals surface area contributed by atoms with Crippen molar-refractivity contribution < 1.29 is 9.53 Å². The minimum absolute atomic E-state index is 0.229. The van der Waals surface area contributed by atoms with E-state index in [4.69, 9.17) is 4.74 Å². The van der Waals surface area contributed by atoms with Gasteiger partial charge in [0.05, 0.1) is 0 Å². The first kappa shape index (κ1) is 13.8. The number of rotatable bonds is 5.